The first-order valence-corrected chi connectivity index (χ1v) is 4.82. The number of benzene rings is 1. The van der Waals surface area contributed by atoms with E-state index in [2.05, 4.69) is 0 Å². The van der Waals surface area contributed by atoms with Crippen molar-refractivity contribution in [2.24, 2.45) is 5.73 Å². The Morgan fingerprint density at radius 2 is 2.12 bits per heavy atom. The van der Waals surface area contributed by atoms with Crippen molar-refractivity contribution < 1.29 is 14.7 Å². The lowest BCUT2D eigenvalue weighted by Crippen LogP contribution is -2.31. The number of nitrogens with two attached hydrogens (primary N) is 1. The molecule has 0 radical (unpaired) electrons. The molecule has 0 bridgehead atoms. The van der Waals surface area contributed by atoms with Crippen LogP contribution in [0.4, 0.5) is 5.69 Å². The highest BCUT2D eigenvalue weighted by Gasteiger charge is 2.17. The van der Waals surface area contributed by atoms with Gasteiger partial charge in [-0.25, -0.2) is 4.79 Å². The number of hydrogen-bond donors (Lipinski definition) is 2. The lowest BCUT2D eigenvalue weighted by Gasteiger charge is -2.20. The molecule has 5 nitrogen and oxygen atoms in total. The normalized spacial score (nSPS) is 9.88. The number of nitrogens with zero attached hydrogens (tertiary/aromatic N) is 1. The fraction of sp³-hybridized carbons (Fsp3) is 0.200. The number of rotatable bonds is 4. The van der Waals surface area contributed by atoms with Crippen LogP contribution >= 0.6 is 11.6 Å². The van der Waals surface area contributed by atoms with E-state index < -0.39 is 11.9 Å². The Bertz CT molecular complexity index is 434. The number of aromatic carboxylic acids is 1. The van der Waals surface area contributed by atoms with E-state index in [1.807, 2.05) is 0 Å². The Balaban J connectivity index is 3.19. The van der Waals surface area contributed by atoms with E-state index >= 15 is 0 Å². The highest BCUT2D eigenvalue weighted by Crippen LogP contribution is 2.28. The summed E-state index contributed by atoms with van der Waals surface area (Å²) < 4.78 is 0. The number of carboxylic acid groups (broad SMARTS) is 1. The van der Waals surface area contributed by atoms with Gasteiger partial charge in [0.2, 0.25) is 5.91 Å². The molecule has 1 aromatic rings. The fourth-order valence-electron chi connectivity index (χ4n) is 1.39. The average Bonchev–Trinajstić information content (AvgIpc) is 2.15. The number of hydrogen-bond acceptors (Lipinski definition) is 3. The fourth-order valence-corrected chi connectivity index (χ4v) is 1.71. The van der Waals surface area contributed by atoms with Crippen LogP contribution in [0.2, 0.25) is 5.02 Å². The Kier molecular flexibility index (Phi) is 3.73. The maximum Gasteiger partial charge on any atom is 0.337 e. The zero-order valence-corrected chi connectivity index (χ0v) is 9.36. The number of likely N-dealkylation sites (N-methyl/N-ethyl adjacent to an activating group) is 1. The standard InChI is InChI=1S/C10H11ClN2O3/c1-13(5-8(12)14)9-6(10(15)16)3-2-4-7(9)11/h2-4H,5H2,1H3,(H2,12,14)(H,15,16). The van der Waals surface area contributed by atoms with Gasteiger partial charge in [-0.05, 0) is 12.1 Å². The van der Waals surface area contributed by atoms with Crippen molar-refractivity contribution in [3.8, 4) is 0 Å². The molecule has 1 aromatic carbocycles. The summed E-state index contributed by atoms with van der Waals surface area (Å²) in [5.74, 6) is -1.66. The molecule has 0 aliphatic carbocycles. The van der Waals surface area contributed by atoms with Gasteiger partial charge in [0.25, 0.3) is 0 Å². The van der Waals surface area contributed by atoms with Crippen molar-refractivity contribution in [1.29, 1.82) is 0 Å². The van der Waals surface area contributed by atoms with Gasteiger partial charge >= 0.3 is 5.97 Å². The summed E-state index contributed by atoms with van der Waals surface area (Å²) in [6.45, 7) is -0.0932. The van der Waals surface area contributed by atoms with Gasteiger partial charge in [-0.1, -0.05) is 17.7 Å². The van der Waals surface area contributed by atoms with Gasteiger partial charge in [-0.2, -0.15) is 0 Å². The number of para-hydroxylation sites is 1. The highest BCUT2D eigenvalue weighted by molar-refractivity contribution is 6.34. The molecule has 0 aromatic heterocycles. The molecule has 0 aliphatic rings. The molecular formula is C10H11ClN2O3. The van der Waals surface area contributed by atoms with Crippen LogP contribution in [0.25, 0.3) is 0 Å². The van der Waals surface area contributed by atoms with Gasteiger partial charge in [-0.3, -0.25) is 4.79 Å². The van der Waals surface area contributed by atoms with E-state index in [0.717, 1.165) is 0 Å². The van der Waals surface area contributed by atoms with Gasteiger partial charge in [0.05, 0.1) is 22.8 Å². The molecule has 0 aliphatic heterocycles. The third-order valence-corrected chi connectivity index (χ3v) is 2.30. The molecule has 1 rings (SSSR count). The molecule has 0 spiro atoms. The second-order valence-corrected chi connectivity index (χ2v) is 3.67. The number of anilines is 1. The zero-order chi connectivity index (χ0) is 12.3. The molecule has 6 heteroatoms. The van der Waals surface area contributed by atoms with E-state index in [0.29, 0.717) is 0 Å². The van der Waals surface area contributed by atoms with Crippen LogP contribution in [0.1, 0.15) is 10.4 Å². The lowest BCUT2D eigenvalue weighted by molar-refractivity contribution is -0.116. The van der Waals surface area contributed by atoms with Gasteiger partial charge in [0, 0.05) is 7.05 Å². The highest BCUT2D eigenvalue weighted by atomic mass is 35.5. The number of amides is 1. The van der Waals surface area contributed by atoms with Crippen molar-refractivity contribution in [3.63, 3.8) is 0 Å². The monoisotopic (exact) mass is 242 g/mol. The topological polar surface area (TPSA) is 83.6 Å². The van der Waals surface area contributed by atoms with Gasteiger partial charge < -0.3 is 15.7 Å². The van der Waals surface area contributed by atoms with Crippen LogP contribution in [-0.2, 0) is 4.79 Å². The third-order valence-electron chi connectivity index (χ3n) is 1.99. The predicted octanol–water partition coefficient (Wildman–Crippen LogP) is 0.960. The molecular weight excluding hydrogens is 232 g/mol. The van der Waals surface area contributed by atoms with Gasteiger partial charge in [-0.15, -0.1) is 0 Å². The minimum absolute atomic E-state index is 0.0382. The van der Waals surface area contributed by atoms with E-state index in [-0.39, 0.29) is 22.8 Å². The van der Waals surface area contributed by atoms with E-state index in [1.54, 1.807) is 13.1 Å². The molecule has 0 fully saturated rings. The van der Waals surface area contributed by atoms with Crippen molar-refractivity contribution >= 4 is 29.2 Å². The summed E-state index contributed by atoms with van der Waals surface area (Å²) in [4.78, 5) is 23.1. The van der Waals surface area contributed by atoms with Crippen LogP contribution in [0.5, 0.6) is 0 Å². The molecule has 16 heavy (non-hydrogen) atoms. The summed E-state index contributed by atoms with van der Waals surface area (Å²) in [6, 6.07) is 4.51. The Labute approximate surface area is 97.4 Å². The number of carboxylic acids is 1. The second-order valence-electron chi connectivity index (χ2n) is 3.26. The van der Waals surface area contributed by atoms with Gasteiger partial charge in [0.15, 0.2) is 0 Å². The Hall–Kier alpha value is -1.75. The summed E-state index contributed by atoms with van der Waals surface area (Å²) >= 11 is 5.89. The Morgan fingerprint density at radius 1 is 1.50 bits per heavy atom. The smallest absolute Gasteiger partial charge is 0.337 e. The maximum atomic E-state index is 11.0. The predicted molar refractivity (Wildman–Crippen MR) is 60.9 cm³/mol. The summed E-state index contributed by atoms with van der Waals surface area (Å²) in [7, 11) is 1.55. The molecule has 0 saturated carbocycles. The van der Waals surface area contributed by atoms with Crippen molar-refractivity contribution in [3.05, 3.63) is 28.8 Å². The molecule has 1 amide bonds. The first-order valence-electron chi connectivity index (χ1n) is 4.44. The van der Waals surface area contributed by atoms with Crippen molar-refractivity contribution in [1.82, 2.24) is 0 Å². The first-order chi connectivity index (χ1) is 7.43. The number of carbonyl (C=O) groups is 2. The van der Waals surface area contributed by atoms with Crippen LogP contribution in [0.3, 0.4) is 0 Å². The Morgan fingerprint density at radius 3 is 2.62 bits per heavy atom. The number of carbonyl (C=O) groups excluding carboxylic acids is 1. The van der Waals surface area contributed by atoms with E-state index in [4.69, 9.17) is 22.4 Å². The summed E-state index contributed by atoms with van der Waals surface area (Å²) in [5.41, 5.74) is 5.36. The lowest BCUT2D eigenvalue weighted by atomic mass is 10.1. The molecule has 0 unspecified atom stereocenters. The summed E-state index contributed by atoms with van der Waals surface area (Å²) in [6.07, 6.45) is 0. The molecule has 3 N–H and O–H groups in total. The maximum absolute atomic E-state index is 11.0. The number of primary amides is 1. The van der Waals surface area contributed by atoms with Crippen LogP contribution in [-0.4, -0.2) is 30.6 Å². The SMILES string of the molecule is CN(CC(N)=O)c1c(Cl)cccc1C(=O)O. The largest absolute Gasteiger partial charge is 0.478 e. The molecule has 86 valence electrons. The minimum Gasteiger partial charge on any atom is -0.478 e. The molecule has 0 heterocycles. The van der Waals surface area contributed by atoms with E-state index in [1.165, 1.54) is 17.0 Å². The number of halogens is 1. The first kappa shape index (κ1) is 12.3. The van der Waals surface area contributed by atoms with Crippen molar-refractivity contribution in [2.75, 3.05) is 18.5 Å². The van der Waals surface area contributed by atoms with E-state index in [9.17, 15) is 9.59 Å². The van der Waals surface area contributed by atoms with Crippen LogP contribution in [0.15, 0.2) is 18.2 Å². The molecule has 0 saturated heterocycles. The summed E-state index contributed by atoms with van der Waals surface area (Å²) in [5, 5.41) is 9.24. The molecule has 0 atom stereocenters. The van der Waals surface area contributed by atoms with Crippen LogP contribution < -0.4 is 10.6 Å². The average molecular weight is 243 g/mol. The quantitative estimate of drug-likeness (QED) is 0.824. The van der Waals surface area contributed by atoms with Crippen LogP contribution in [0, 0.1) is 0 Å². The zero-order valence-electron chi connectivity index (χ0n) is 8.61. The minimum atomic E-state index is -1.10. The van der Waals surface area contributed by atoms with Gasteiger partial charge in [0.1, 0.15) is 0 Å². The van der Waals surface area contributed by atoms with Crippen molar-refractivity contribution in [2.45, 2.75) is 0 Å². The third kappa shape index (κ3) is 2.64. The second kappa shape index (κ2) is 4.85.